The van der Waals surface area contributed by atoms with E-state index in [4.69, 9.17) is 9.84 Å². The molecular formula is C12H17BrN2O3. The summed E-state index contributed by atoms with van der Waals surface area (Å²) < 4.78 is 5.86. The topological polar surface area (TPSA) is 70.6 Å². The zero-order valence-corrected chi connectivity index (χ0v) is 11.7. The Kier molecular flexibility index (Phi) is 6.89. The minimum atomic E-state index is -0.231. The Hall–Kier alpha value is -0.950. The summed E-state index contributed by atoms with van der Waals surface area (Å²) in [5.41, 5.74) is 0.734. The number of ether oxygens (including phenoxy) is 1. The molecular weight excluding hydrogens is 300 g/mol. The highest BCUT2D eigenvalue weighted by atomic mass is 79.9. The molecule has 18 heavy (non-hydrogen) atoms. The fraction of sp³-hybridized carbons (Fsp3) is 0.417. The van der Waals surface area contributed by atoms with Gasteiger partial charge in [-0.3, -0.25) is 4.79 Å². The summed E-state index contributed by atoms with van der Waals surface area (Å²) in [6.07, 6.45) is 0. The molecule has 1 unspecified atom stereocenters. The van der Waals surface area contributed by atoms with Crippen molar-refractivity contribution in [2.45, 2.75) is 6.04 Å². The van der Waals surface area contributed by atoms with Gasteiger partial charge in [-0.05, 0) is 24.3 Å². The van der Waals surface area contributed by atoms with E-state index in [2.05, 4.69) is 26.6 Å². The SMILES string of the molecule is COCC(CO)NCC(=O)Nc1ccc(Br)cc1. The van der Waals surface area contributed by atoms with E-state index >= 15 is 0 Å². The van der Waals surface area contributed by atoms with Gasteiger partial charge in [0.25, 0.3) is 0 Å². The average molecular weight is 317 g/mol. The van der Waals surface area contributed by atoms with Crippen molar-refractivity contribution in [3.63, 3.8) is 0 Å². The van der Waals surface area contributed by atoms with Crippen molar-refractivity contribution < 1.29 is 14.6 Å². The molecule has 0 heterocycles. The van der Waals surface area contributed by atoms with Crippen molar-refractivity contribution in [3.8, 4) is 0 Å². The van der Waals surface area contributed by atoms with E-state index in [0.29, 0.717) is 6.61 Å². The molecule has 100 valence electrons. The number of benzene rings is 1. The Morgan fingerprint density at radius 2 is 2.11 bits per heavy atom. The van der Waals surface area contributed by atoms with Crippen molar-refractivity contribution in [1.82, 2.24) is 5.32 Å². The molecule has 0 aromatic heterocycles. The number of carbonyl (C=O) groups is 1. The van der Waals surface area contributed by atoms with Gasteiger partial charge in [0, 0.05) is 17.3 Å². The predicted molar refractivity (Wildman–Crippen MR) is 73.5 cm³/mol. The summed E-state index contributed by atoms with van der Waals surface area (Å²) in [4.78, 5) is 11.6. The summed E-state index contributed by atoms with van der Waals surface area (Å²) in [5, 5.41) is 14.7. The molecule has 0 spiro atoms. The van der Waals surface area contributed by atoms with Gasteiger partial charge in [0.1, 0.15) is 0 Å². The van der Waals surface area contributed by atoms with Crippen LogP contribution in [0.4, 0.5) is 5.69 Å². The monoisotopic (exact) mass is 316 g/mol. The first-order valence-corrected chi connectivity index (χ1v) is 6.33. The van der Waals surface area contributed by atoms with Crippen molar-refractivity contribution in [2.24, 2.45) is 0 Å². The number of aliphatic hydroxyl groups excluding tert-OH is 1. The van der Waals surface area contributed by atoms with Gasteiger partial charge >= 0.3 is 0 Å². The molecule has 5 nitrogen and oxygen atoms in total. The third-order valence-electron chi connectivity index (χ3n) is 2.27. The lowest BCUT2D eigenvalue weighted by Crippen LogP contribution is -2.41. The second-order valence-corrected chi connectivity index (χ2v) is 4.69. The average Bonchev–Trinajstić information content (AvgIpc) is 2.37. The molecule has 0 fully saturated rings. The molecule has 0 aliphatic rings. The van der Waals surface area contributed by atoms with Crippen LogP contribution in [0.3, 0.4) is 0 Å². The number of halogens is 1. The minimum Gasteiger partial charge on any atom is -0.395 e. The zero-order chi connectivity index (χ0) is 13.4. The van der Waals surface area contributed by atoms with Gasteiger partial charge < -0.3 is 20.5 Å². The molecule has 6 heteroatoms. The van der Waals surface area contributed by atoms with Gasteiger partial charge in [-0.2, -0.15) is 0 Å². The van der Waals surface area contributed by atoms with Crippen molar-refractivity contribution in [3.05, 3.63) is 28.7 Å². The molecule has 0 aliphatic carbocycles. The van der Waals surface area contributed by atoms with E-state index in [9.17, 15) is 4.79 Å². The van der Waals surface area contributed by atoms with Crippen LogP contribution in [-0.2, 0) is 9.53 Å². The third-order valence-corrected chi connectivity index (χ3v) is 2.80. The largest absolute Gasteiger partial charge is 0.395 e. The second-order valence-electron chi connectivity index (χ2n) is 3.77. The summed E-state index contributed by atoms with van der Waals surface area (Å²) in [6.45, 7) is 0.423. The number of nitrogens with one attached hydrogen (secondary N) is 2. The number of aliphatic hydroxyl groups is 1. The second kappa shape index (κ2) is 8.20. The molecule has 0 aliphatic heterocycles. The maximum atomic E-state index is 11.6. The molecule has 0 saturated heterocycles. The summed E-state index contributed by atoms with van der Waals surface area (Å²) in [6, 6.07) is 7.08. The number of hydrogen-bond donors (Lipinski definition) is 3. The highest BCUT2D eigenvalue weighted by Gasteiger charge is 2.08. The highest BCUT2D eigenvalue weighted by molar-refractivity contribution is 9.10. The van der Waals surface area contributed by atoms with E-state index in [1.165, 1.54) is 0 Å². The van der Waals surface area contributed by atoms with Crippen LogP contribution < -0.4 is 10.6 Å². The molecule has 1 amide bonds. The highest BCUT2D eigenvalue weighted by Crippen LogP contribution is 2.13. The first kappa shape index (κ1) is 15.1. The van der Waals surface area contributed by atoms with E-state index < -0.39 is 0 Å². The Labute approximate surface area is 115 Å². The number of methoxy groups -OCH3 is 1. The van der Waals surface area contributed by atoms with E-state index in [1.54, 1.807) is 19.2 Å². The van der Waals surface area contributed by atoms with E-state index in [-0.39, 0.29) is 25.1 Å². The molecule has 1 rings (SSSR count). The summed E-state index contributed by atoms with van der Waals surface area (Å²) >= 11 is 3.32. The van der Waals surface area contributed by atoms with Crippen LogP contribution >= 0.6 is 15.9 Å². The lowest BCUT2D eigenvalue weighted by molar-refractivity contribution is -0.115. The summed E-state index contributed by atoms with van der Waals surface area (Å²) in [5.74, 6) is -0.160. The first-order valence-electron chi connectivity index (χ1n) is 5.54. The van der Waals surface area contributed by atoms with Gasteiger partial charge in [0.2, 0.25) is 5.91 Å². The summed E-state index contributed by atoms with van der Waals surface area (Å²) in [7, 11) is 1.55. The van der Waals surface area contributed by atoms with Crippen LogP contribution in [0.1, 0.15) is 0 Å². The molecule has 0 saturated carbocycles. The Morgan fingerprint density at radius 1 is 1.44 bits per heavy atom. The maximum absolute atomic E-state index is 11.6. The lowest BCUT2D eigenvalue weighted by Gasteiger charge is -2.14. The number of hydrogen-bond acceptors (Lipinski definition) is 4. The fourth-order valence-electron chi connectivity index (χ4n) is 1.35. The smallest absolute Gasteiger partial charge is 0.238 e. The van der Waals surface area contributed by atoms with Gasteiger partial charge in [0.05, 0.1) is 25.8 Å². The Morgan fingerprint density at radius 3 is 2.67 bits per heavy atom. The quantitative estimate of drug-likeness (QED) is 0.701. The van der Waals surface area contributed by atoms with Crippen LogP contribution in [0.25, 0.3) is 0 Å². The predicted octanol–water partition coefficient (Wildman–Crippen LogP) is 0.984. The lowest BCUT2D eigenvalue weighted by atomic mass is 10.3. The van der Waals surface area contributed by atoms with Crippen LogP contribution in [0.15, 0.2) is 28.7 Å². The zero-order valence-electron chi connectivity index (χ0n) is 10.1. The van der Waals surface area contributed by atoms with Crippen molar-refractivity contribution >= 4 is 27.5 Å². The third kappa shape index (κ3) is 5.59. The minimum absolute atomic E-state index is 0.0700. The van der Waals surface area contributed by atoms with Gasteiger partial charge in [-0.1, -0.05) is 15.9 Å². The normalized spacial score (nSPS) is 12.2. The van der Waals surface area contributed by atoms with E-state index in [1.807, 2.05) is 12.1 Å². The number of rotatable bonds is 7. The van der Waals surface area contributed by atoms with Crippen LogP contribution in [0, 0.1) is 0 Å². The number of anilines is 1. The van der Waals surface area contributed by atoms with E-state index in [0.717, 1.165) is 10.2 Å². The van der Waals surface area contributed by atoms with Gasteiger partial charge in [0.15, 0.2) is 0 Å². The molecule has 1 aromatic carbocycles. The molecule has 0 bridgehead atoms. The molecule has 3 N–H and O–H groups in total. The Balaban J connectivity index is 2.35. The number of amides is 1. The molecule has 1 aromatic rings. The Bertz CT molecular complexity index is 370. The molecule has 1 atom stereocenters. The van der Waals surface area contributed by atoms with Gasteiger partial charge in [-0.15, -0.1) is 0 Å². The number of carbonyl (C=O) groups excluding carboxylic acids is 1. The standard InChI is InChI=1S/C12H17BrN2O3/c1-18-8-11(7-16)14-6-12(17)15-10-4-2-9(13)3-5-10/h2-5,11,14,16H,6-8H2,1H3,(H,15,17). The fourth-order valence-corrected chi connectivity index (χ4v) is 1.62. The van der Waals surface area contributed by atoms with Crippen LogP contribution in [-0.4, -0.2) is 43.9 Å². The van der Waals surface area contributed by atoms with Crippen LogP contribution in [0.2, 0.25) is 0 Å². The maximum Gasteiger partial charge on any atom is 0.238 e. The van der Waals surface area contributed by atoms with Crippen molar-refractivity contribution in [2.75, 3.05) is 32.2 Å². The molecule has 0 radical (unpaired) electrons. The van der Waals surface area contributed by atoms with Crippen LogP contribution in [0.5, 0.6) is 0 Å². The first-order chi connectivity index (χ1) is 8.65. The van der Waals surface area contributed by atoms with Gasteiger partial charge in [-0.25, -0.2) is 0 Å². The van der Waals surface area contributed by atoms with Crippen molar-refractivity contribution in [1.29, 1.82) is 0 Å².